The number of fused-ring (bicyclic) bond motifs is 2. The Morgan fingerprint density at radius 1 is 1.42 bits per heavy atom. The average Bonchev–Trinajstić information content (AvgIpc) is 2.60. The van der Waals surface area contributed by atoms with Gasteiger partial charge in [-0.05, 0) is 30.6 Å². The van der Waals surface area contributed by atoms with Gasteiger partial charge in [-0.1, -0.05) is 18.2 Å². The molecule has 3 atom stereocenters. The molecule has 0 heterocycles. The van der Waals surface area contributed by atoms with E-state index in [4.69, 9.17) is 5.11 Å². The largest absolute Gasteiger partial charge is 0.478 e. The quantitative estimate of drug-likeness (QED) is 0.499. The maximum Gasteiger partial charge on any atom is 0.327 e. The first-order valence-corrected chi connectivity index (χ1v) is 4.35. The van der Waals surface area contributed by atoms with Crippen molar-refractivity contribution in [2.24, 2.45) is 17.8 Å². The summed E-state index contributed by atoms with van der Waals surface area (Å²) in [7, 11) is 0. The first-order chi connectivity index (χ1) is 5.75. The maximum absolute atomic E-state index is 10.3. The number of carbonyl (C=O) groups is 1. The third-order valence-electron chi connectivity index (χ3n) is 2.82. The van der Waals surface area contributed by atoms with Crippen molar-refractivity contribution < 1.29 is 9.90 Å². The lowest BCUT2D eigenvalue weighted by Crippen LogP contribution is -2.03. The first-order valence-electron chi connectivity index (χ1n) is 4.35. The van der Waals surface area contributed by atoms with Crippen LogP contribution >= 0.6 is 0 Å². The minimum absolute atomic E-state index is 0.482. The summed E-state index contributed by atoms with van der Waals surface area (Å²) >= 11 is 0. The molecule has 0 aromatic heterocycles. The zero-order chi connectivity index (χ0) is 8.55. The summed E-state index contributed by atoms with van der Waals surface area (Å²) in [6, 6.07) is 0. The lowest BCUT2D eigenvalue weighted by atomic mass is 9.93. The monoisotopic (exact) mass is 164 g/mol. The van der Waals surface area contributed by atoms with Crippen LogP contribution in [-0.2, 0) is 4.79 Å². The molecule has 0 amide bonds. The predicted molar refractivity (Wildman–Crippen MR) is 45.6 cm³/mol. The fourth-order valence-electron chi connectivity index (χ4n) is 2.25. The standard InChI is InChI=1S/C10H12O2/c11-10(12)4-3-9-6-7-1-2-8(9)5-7/h1-4,7-9H,5-6H2,(H,11,12). The molecule has 0 aliphatic heterocycles. The molecule has 2 rings (SSSR count). The molecule has 2 bridgehead atoms. The number of allylic oxidation sites excluding steroid dienone is 3. The third-order valence-corrected chi connectivity index (χ3v) is 2.82. The highest BCUT2D eigenvalue weighted by Gasteiger charge is 2.33. The molecule has 0 radical (unpaired) electrons. The first kappa shape index (κ1) is 7.59. The van der Waals surface area contributed by atoms with Gasteiger partial charge < -0.3 is 5.11 Å². The summed E-state index contributed by atoms with van der Waals surface area (Å²) in [6.45, 7) is 0. The van der Waals surface area contributed by atoms with Crippen molar-refractivity contribution >= 4 is 5.97 Å². The second-order valence-electron chi connectivity index (χ2n) is 3.64. The van der Waals surface area contributed by atoms with Crippen molar-refractivity contribution in [3.8, 4) is 0 Å². The van der Waals surface area contributed by atoms with Crippen molar-refractivity contribution in [3.63, 3.8) is 0 Å². The van der Waals surface area contributed by atoms with Crippen molar-refractivity contribution in [1.82, 2.24) is 0 Å². The Bertz CT molecular complexity index is 253. The van der Waals surface area contributed by atoms with Crippen LogP contribution in [0.4, 0.5) is 0 Å². The molecule has 1 fully saturated rings. The summed E-state index contributed by atoms with van der Waals surface area (Å²) in [5.41, 5.74) is 0. The highest BCUT2D eigenvalue weighted by atomic mass is 16.4. The Morgan fingerprint density at radius 3 is 2.75 bits per heavy atom. The molecule has 1 saturated carbocycles. The molecule has 3 unspecified atom stereocenters. The van der Waals surface area contributed by atoms with E-state index in [9.17, 15) is 4.79 Å². The topological polar surface area (TPSA) is 37.3 Å². The van der Waals surface area contributed by atoms with Crippen LogP contribution in [0, 0.1) is 17.8 Å². The molecule has 2 nitrogen and oxygen atoms in total. The third kappa shape index (κ3) is 1.29. The van der Waals surface area contributed by atoms with Crippen molar-refractivity contribution in [2.45, 2.75) is 12.8 Å². The minimum atomic E-state index is -0.832. The van der Waals surface area contributed by atoms with Crippen LogP contribution in [0.5, 0.6) is 0 Å². The van der Waals surface area contributed by atoms with Crippen LogP contribution in [-0.4, -0.2) is 11.1 Å². The Hall–Kier alpha value is -1.05. The minimum Gasteiger partial charge on any atom is -0.478 e. The second kappa shape index (κ2) is 2.77. The summed E-state index contributed by atoms with van der Waals surface area (Å²) < 4.78 is 0. The van der Waals surface area contributed by atoms with Crippen molar-refractivity contribution in [3.05, 3.63) is 24.3 Å². The van der Waals surface area contributed by atoms with Gasteiger partial charge in [0.25, 0.3) is 0 Å². The van der Waals surface area contributed by atoms with E-state index in [1.54, 1.807) is 0 Å². The molecule has 0 spiro atoms. The fraction of sp³-hybridized carbons (Fsp3) is 0.500. The summed E-state index contributed by atoms with van der Waals surface area (Å²) in [5, 5.41) is 8.44. The number of carboxylic acids is 1. The Balaban J connectivity index is 1.99. The van der Waals surface area contributed by atoms with E-state index in [-0.39, 0.29) is 0 Å². The number of hydrogen-bond donors (Lipinski definition) is 1. The summed E-state index contributed by atoms with van der Waals surface area (Å²) in [4.78, 5) is 10.3. The van der Waals surface area contributed by atoms with Gasteiger partial charge in [0.05, 0.1) is 0 Å². The van der Waals surface area contributed by atoms with Crippen LogP contribution in [0.1, 0.15) is 12.8 Å². The molecule has 0 aromatic carbocycles. The molecule has 2 aliphatic carbocycles. The van der Waals surface area contributed by atoms with Crippen LogP contribution in [0.15, 0.2) is 24.3 Å². The van der Waals surface area contributed by atoms with Gasteiger partial charge in [-0.2, -0.15) is 0 Å². The van der Waals surface area contributed by atoms with Gasteiger partial charge in [-0.3, -0.25) is 0 Å². The lowest BCUT2D eigenvalue weighted by molar-refractivity contribution is -0.131. The normalized spacial score (nSPS) is 38.2. The molecule has 1 N–H and O–H groups in total. The molecule has 0 aromatic rings. The molecule has 2 heteroatoms. The van der Waals surface area contributed by atoms with Crippen molar-refractivity contribution in [2.75, 3.05) is 0 Å². The van der Waals surface area contributed by atoms with E-state index in [1.807, 2.05) is 6.08 Å². The second-order valence-corrected chi connectivity index (χ2v) is 3.64. The Morgan fingerprint density at radius 2 is 2.25 bits per heavy atom. The van der Waals surface area contributed by atoms with Crippen LogP contribution in [0.25, 0.3) is 0 Å². The van der Waals surface area contributed by atoms with E-state index >= 15 is 0 Å². The van der Waals surface area contributed by atoms with Gasteiger partial charge >= 0.3 is 5.97 Å². The van der Waals surface area contributed by atoms with E-state index < -0.39 is 5.97 Å². The number of aliphatic carboxylic acids is 1. The molecular weight excluding hydrogens is 152 g/mol. The molecule has 0 saturated heterocycles. The van der Waals surface area contributed by atoms with Gasteiger partial charge in [0.1, 0.15) is 0 Å². The van der Waals surface area contributed by atoms with Gasteiger partial charge in [-0.15, -0.1) is 0 Å². The number of carboxylic acid groups (broad SMARTS) is 1. The van der Waals surface area contributed by atoms with Gasteiger partial charge in [0.2, 0.25) is 0 Å². The highest BCUT2D eigenvalue weighted by Crippen LogP contribution is 2.43. The highest BCUT2D eigenvalue weighted by molar-refractivity contribution is 5.79. The van der Waals surface area contributed by atoms with Crippen molar-refractivity contribution in [1.29, 1.82) is 0 Å². The zero-order valence-electron chi connectivity index (χ0n) is 6.81. The zero-order valence-corrected chi connectivity index (χ0v) is 6.81. The fourth-order valence-corrected chi connectivity index (χ4v) is 2.25. The molecular formula is C10H12O2. The number of rotatable bonds is 2. The Kier molecular flexibility index (Phi) is 1.75. The molecule has 64 valence electrons. The van der Waals surface area contributed by atoms with E-state index in [0.29, 0.717) is 11.8 Å². The van der Waals surface area contributed by atoms with Gasteiger partial charge in [-0.25, -0.2) is 4.79 Å². The average molecular weight is 164 g/mol. The molecule has 2 aliphatic rings. The summed E-state index contributed by atoms with van der Waals surface area (Å²) in [6.07, 6.45) is 9.98. The summed E-state index contributed by atoms with van der Waals surface area (Å²) in [5.74, 6) is 0.988. The SMILES string of the molecule is O=C(O)C=CC1CC2C=CC1C2. The lowest BCUT2D eigenvalue weighted by Gasteiger charge is -2.12. The van der Waals surface area contributed by atoms with Gasteiger partial charge in [0, 0.05) is 6.08 Å². The Labute approximate surface area is 71.6 Å². The van der Waals surface area contributed by atoms with E-state index in [2.05, 4.69) is 12.2 Å². The number of hydrogen-bond acceptors (Lipinski definition) is 1. The van der Waals surface area contributed by atoms with E-state index in [1.165, 1.54) is 12.5 Å². The van der Waals surface area contributed by atoms with Gasteiger partial charge in [0.15, 0.2) is 0 Å². The van der Waals surface area contributed by atoms with Crippen LogP contribution in [0.3, 0.4) is 0 Å². The smallest absolute Gasteiger partial charge is 0.327 e. The van der Waals surface area contributed by atoms with Crippen LogP contribution < -0.4 is 0 Å². The predicted octanol–water partition coefficient (Wildman–Crippen LogP) is 1.84. The van der Waals surface area contributed by atoms with E-state index in [0.717, 1.165) is 12.3 Å². The van der Waals surface area contributed by atoms with Crippen LogP contribution in [0.2, 0.25) is 0 Å². The maximum atomic E-state index is 10.3. The molecule has 12 heavy (non-hydrogen) atoms.